The topological polar surface area (TPSA) is 79.1 Å². The van der Waals surface area contributed by atoms with Crippen LogP contribution in [-0.4, -0.2) is 28.7 Å². The molecule has 6 nitrogen and oxygen atoms in total. The van der Waals surface area contributed by atoms with E-state index in [4.69, 9.17) is 10.00 Å². The molecule has 1 aromatic rings. The highest BCUT2D eigenvalue weighted by Gasteiger charge is 2.21. The first-order valence-corrected chi connectivity index (χ1v) is 5.02. The van der Waals surface area contributed by atoms with Crippen LogP contribution in [0.4, 0.5) is 10.6 Å². The van der Waals surface area contributed by atoms with Crippen LogP contribution in [0.15, 0.2) is 12.4 Å². The van der Waals surface area contributed by atoms with Gasteiger partial charge in [-0.05, 0) is 20.8 Å². The summed E-state index contributed by atoms with van der Waals surface area (Å²) in [6.07, 6.45) is 0.703. The lowest BCUT2D eigenvalue weighted by Crippen LogP contribution is -2.34. The molecule has 0 aliphatic rings. The molecule has 0 saturated heterocycles. The molecule has 0 saturated carbocycles. The minimum absolute atomic E-state index is 0.199. The number of aromatic nitrogens is 2. The Morgan fingerprint density at radius 1 is 1.47 bits per heavy atom. The molecule has 0 bridgehead atoms. The summed E-state index contributed by atoms with van der Waals surface area (Å²) in [5.74, 6) is 0.325. The van der Waals surface area contributed by atoms with Gasteiger partial charge in [-0.1, -0.05) is 0 Å². The number of hydrogen-bond donors (Lipinski definition) is 0. The molecule has 0 N–H and O–H groups in total. The van der Waals surface area contributed by atoms with E-state index < -0.39 is 11.7 Å². The van der Waals surface area contributed by atoms with E-state index in [1.807, 2.05) is 6.07 Å². The molecule has 0 radical (unpaired) electrons. The van der Waals surface area contributed by atoms with Gasteiger partial charge in [0.1, 0.15) is 29.5 Å². The number of anilines is 1. The average Bonchev–Trinajstić information content (AvgIpc) is 2.26. The van der Waals surface area contributed by atoms with E-state index >= 15 is 0 Å². The summed E-state index contributed by atoms with van der Waals surface area (Å²) in [4.78, 5) is 20.6. The summed E-state index contributed by atoms with van der Waals surface area (Å²) in [7, 11) is 1.53. The van der Waals surface area contributed by atoms with E-state index in [0.29, 0.717) is 5.82 Å². The van der Waals surface area contributed by atoms with Gasteiger partial charge in [0.15, 0.2) is 0 Å². The number of ether oxygens (including phenoxy) is 1. The minimum Gasteiger partial charge on any atom is -0.443 e. The van der Waals surface area contributed by atoms with Gasteiger partial charge < -0.3 is 4.74 Å². The van der Waals surface area contributed by atoms with E-state index in [2.05, 4.69) is 9.97 Å². The van der Waals surface area contributed by atoms with Crippen LogP contribution in [0.1, 0.15) is 26.5 Å². The molecule has 6 heteroatoms. The van der Waals surface area contributed by atoms with Crippen molar-refractivity contribution in [3.63, 3.8) is 0 Å². The van der Waals surface area contributed by atoms with Gasteiger partial charge in [-0.2, -0.15) is 5.26 Å². The van der Waals surface area contributed by atoms with Crippen molar-refractivity contribution in [2.75, 3.05) is 11.9 Å². The van der Waals surface area contributed by atoms with Crippen LogP contribution < -0.4 is 4.90 Å². The van der Waals surface area contributed by atoms with Gasteiger partial charge in [-0.15, -0.1) is 0 Å². The van der Waals surface area contributed by atoms with Crippen LogP contribution >= 0.6 is 0 Å². The molecular formula is C11H14N4O2. The average molecular weight is 234 g/mol. The number of amides is 1. The second-order valence-corrected chi connectivity index (χ2v) is 4.41. The molecular weight excluding hydrogens is 220 g/mol. The summed E-state index contributed by atoms with van der Waals surface area (Å²) in [6, 6.07) is 3.30. The molecule has 0 unspecified atom stereocenters. The molecule has 1 amide bonds. The quantitative estimate of drug-likeness (QED) is 0.739. The Bertz CT molecular complexity index is 459. The molecule has 1 heterocycles. The monoisotopic (exact) mass is 234 g/mol. The predicted molar refractivity (Wildman–Crippen MR) is 61.4 cm³/mol. The van der Waals surface area contributed by atoms with Gasteiger partial charge in [0, 0.05) is 13.1 Å². The number of carbonyl (C=O) groups excluding carboxylic acids is 1. The van der Waals surface area contributed by atoms with Crippen molar-refractivity contribution in [3.8, 4) is 6.07 Å². The molecule has 0 aliphatic carbocycles. The molecule has 0 spiro atoms. The number of nitrogens with zero attached hydrogens (tertiary/aromatic N) is 4. The third-order valence-corrected chi connectivity index (χ3v) is 1.78. The fourth-order valence-corrected chi connectivity index (χ4v) is 1.02. The zero-order valence-electron chi connectivity index (χ0n) is 10.3. The Hall–Kier alpha value is -2.16. The highest BCUT2D eigenvalue weighted by molar-refractivity contribution is 5.86. The maximum absolute atomic E-state index is 11.7. The third kappa shape index (κ3) is 3.72. The van der Waals surface area contributed by atoms with E-state index in [0.717, 1.165) is 0 Å². The van der Waals surface area contributed by atoms with Gasteiger partial charge in [0.25, 0.3) is 0 Å². The molecule has 1 rings (SSSR count). The molecule has 0 fully saturated rings. The summed E-state index contributed by atoms with van der Waals surface area (Å²) in [5.41, 5.74) is -0.374. The van der Waals surface area contributed by atoms with Crippen LogP contribution in [-0.2, 0) is 4.74 Å². The van der Waals surface area contributed by atoms with E-state index in [1.54, 1.807) is 20.8 Å². The van der Waals surface area contributed by atoms with Crippen LogP contribution in [0.2, 0.25) is 0 Å². The van der Waals surface area contributed by atoms with Gasteiger partial charge in [-0.3, -0.25) is 4.90 Å². The molecule has 0 aromatic carbocycles. The lowest BCUT2D eigenvalue weighted by molar-refractivity contribution is 0.0588. The summed E-state index contributed by atoms with van der Waals surface area (Å²) in [6.45, 7) is 5.33. The Kier molecular flexibility index (Phi) is 3.63. The number of hydrogen-bond acceptors (Lipinski definition) is 5. The van der Waals surface area contributed by atoms with E-state index in [-0.39, 0.29) is 5.69 Å². The molecule has 0 aliphatic heterocycles. The Morgan fingerprint density at radius 3 is 2.65 bits per heavy atom. The highest BCUT2D eigenvalue weighted by Crippen LogP contribution is 2.14. The second kappa shape index (κ2) is 4.78. The summed E-state index contributed by atoms with van der Waals surface area (Å²) < 4.78 is 5.17. The fourth-order valence-electron chi connectivity index (χ4n) is 1.02. The van der Waals surface area contributed by atoms with Crippen molar-refractivity contribution < 1.29 is 9.53 Å². The molecule has 17 heavy (non-hydrogen) atoms. The van der Waals surface area contributed by atoms with Crippen molar-refractivity contribution >= 4 is 11.9 Å². The molecule has 0 atom stereocenters. The van der Waals surface area contributed by atoms with Crippen molar-refractivity contribution in [2.24, 2.45) is 0 Å². The first-order chi connectivity index (χ1) is 7.83. The fraction of sp³-hybridized carbons (Fsp3) is 0.455. The Labute approximate surface area is 99.9 Å². The van der Waals surface area contributed by atoms with Crippen LogP contribution in [0.3, 0.4) is 0 Å². The Morgan fingerprint density at radius 2 is 2.12 bits per heavy atom. The van der Waals surface area contributed by atoms with Crippen molar-refractivity contribution in [1.82, 2.24) is 9.97 Å². The summed E-state index contributed by atoms with van der Waals surface area (Å²) >= 11 is 0. The number of carbonyl (C=O) groups is 1. The van der Waals surface area contributed by atoms with Crippen LogP contribution in [0.5, 0.6) is 0 Å². The number of rotatable bonds is 1. The first kappa shape index (κ1) is 12.9. The molecule has 90 valence electrons. The van der Waals surface area contributed by atoms with Crippen LogP contribution in [0, 0.1) is 11.3 Å². The van der Waals surface area contributed by atoms with Gasteiger partial charge in [0.2, 0.25) is 0 Å². The van der Waals surface area contributed by atoms with Gasteiger partial charge in [-0.25, -0.2) is 14.8 Å². The standard InChI is InChI=1S/C11H14N4O2/c1-11(2,3)17-10(16)15(4)9-5-8(6-12)13-7-14-9/h5,7H,1-4H3. The lowest BCUT2D eigenvalue weighted by Gasteiger charge is -2.23. The predicted octanol–water partition coefficient (Wildman–Crippen LogP) is 1.72. The minimum atomic E-state index is -0.573. The zero-order chi connectivity index (χ0) is 13.1. The molecule has 1 aromatic heterocycles. The van der Waals surface area contributed by atoms with Gasteiger partial charge in [0.05, 0.1) is 0 Å². The maximum atomic E-state index is 11.7. The summed E-state index contributed by atoms with van der Waals surface area (Å²) in [5, 5.41) is 8.69. The van der Waals surface area contributed by atoms with E-state index in [1.165, 1.54) is 24.3 Å². The first-order valence-electron chi connectivity index (χ1n) is 5.02. The second-order valence-electron chi connectivity index (χ2n) is 4.41. The van der Waals surface area contributed by atoms with Crippen molar-refractivity contribution in [1.29, 1.82) is 5.26 Å². The highest BCUT2D eigenvalue weighted by atomic mass is 16.6. The van der Waals surface area contributed by atoms with E-state index in [9.17, 15) is 4.79 Å². The maximum Gasteiger partial charge on any atom is 0.415 e. The SMILES string of the molecule is CN(C(=O)OC(C)(C)C)c1cc(C#N)ncn1. The number of nitriles is 1. The van der Waals surface area contributed by atoms with Crippen LogP contribution in [0.25, 0.3) is 0 Å². The lowest BCUT2D eigenvalue weighted by atomic mass is 10.2. The largest absolute Gasteiger partial charge is 0.443 e. The smallest absolute Gasteiger partial charge is 0.415 e. The van der Waals surface area contributed by atoms with Crippen molar-refractivity contribution in [3.05, 3.63) is 18.1 Å². The zero-order valence-corrected chi connectivity index (χ0v) is 10.3. The normalized spacial score (nSPS) is 10.5. The Balaban J connectivity index is 2.86. The van der Waals surface area contributed by atoms with Crippen molar-refractivity contribution in [2.45, 2.75) is 26.4 Å². The van der Waals surface area contributed by atoms with Gasteiger partial charge >= 0.3 is 6.09 Å². The third-order valence-electron chi connectivity index (χ3n) is 1.78.